The van der Waals surface area contributed by atoms with E-state index in [2.05, 4.69) is 31.9 Å². The number of likely N-dealkylation sites (N-methyl/N-ethyl adjacent to an activating group) is 1. The summed E-state index contributed by atoms with van der Waals surface area (Å²) in [4.78, 5) is 26.4. The lowest BCUT2D eigenvalue weighted by atomic mass is 10.0. The van der Waals surface area contributed by atoms with Crippen LogP contribution in [0.3, 0.4) is 0 Å². The van der Waals surface area contributed by atoms with Gasteiger partial charge in [-0.05, 0) is 42.3 Å². The van der Waals surface area contributed by atoms with Crippen LogP contribution in [0.2, 0.25) is 0 Å². The second-order valence-electron chi connectivity index (χ2n) is 8.52. The molecule has 1 aliphatic rings. The summed E-state index contributed by atoms with van der Waals surface area (Å²) in [5.41, 5.74) is 2.63. The van der Waals surface area contributed by atoms with Crippen LogP contribution in [0.1, 0.15) is 22.6 Å². The van der Waals surface area contributed by atoms with Crippen LogP contribution in [0, 0.1) is 0 Å². The number of carbonyl (C=O) groups excluding carboxylic acids is 1. The molecule has 3 aromatic heterocycles. The normalized spacial score (nSPS) is 14.8. The van der Waals surface area contributed by atoms with E-state index in [0.717, 1.165) is 48.3 Å². The van der Waals surface area contributed by atoms with Gasteiger partial charge in [-0.2, -0.15) is 13.9 Å². The molecule has 0 amide bonds. The fourth-order valence-electron chi connectivity index (χ4n) is 4.12. The van der Waals surface area contributed by atoms with Crippen molar-refractivity contribution in [2.75, 3.05) is 38.1 Å². The number of hydrogen-bond donors (Lipinski definition) is 0. The highest BCUT2D eigenvalue weighted by molar-refractivity contribution is 5.98. The van der Waals surface area contributed by atoms with Gasteiger partial charge < -0.3 is 9.80 Å². The van der Waals surface area contributed by atoms with Crippen LogP contribution >= 0.6 is 0 Å². The molecule has 0 spiro atoms. The molecule has 1 fully saturated rings. The third kappa shape index (κ3) is 4.65. The highest BCUT2D eigenvalue weighted by atomic mass is 19.3. The van der Waals surface area contributed by atoms with Crippen molar-refractivity contribution < 1.29 is 13.6 Å². The molecular formula is C25H24F2N6O. The zero-order valence-corrected chi connectivity index (χ0v) is 18.7. The van der Waals surface area contributed by atoms with Crippen molar-refractivity contribution in [1.82, 2.24) is 24.6 Å². The second kappa shape index (κ2) is 9.26. The number of nitrogens with zero attached hydrogens (tertiary/aromatic N) is 6. The number of carbonyl (C=O) groups is 1. The van der Waals surface area contributed by atoms with Gasteiger partial charge >= 0.3 is 6.55 Å². The molecule has 9 heteroatoms. The zero-order chi connectivity index (χ0) is 23.7. The Hall–Kier alpha value is -3.72. The van der Waals surface area contributed by atoms with Gasteiger partial charge in [0.15, 0.2) is 5.78 Å². The highest BCUT2D eigenvalue weighted by Crippen LogP contribution is 2.26. The van der Waals surface area contributed by atoms with Crippen LogP contribution in [-0.2, 0) is 6.42 Å². The van der Waals surface area contributed by atoms with E-state index in [4.69, 9.17) is 0 Å². The fourth-order valence-corrected chi connectivity index (χ4v) is 4.12. The average Bonchev–Trinajstić information content (AvgIpc) is 3.35. The minimum Gasteiger partial charge on any atom is -0.354 e. The molecule has 0 bridgehead atoms. The second-order valence-corrected chi connectivity index (χ2v) is 8.52. The number of Topliss-reactive ketones (excluding diaryl/α,β-unsaturated/α-hetero) is 1. The lowest BCUT2D eigenvalue weighted by molar-refractivity contribution is 0.0566. The summed E-state index contributed by atoms with van der Waals surface area (Å²) in [5, 5.41) is 5.49. The summed E-state index contributed by atoms with van der Waals surface area (Å²) < 4.78 is 26.3. The van der Waals surface area contributed by atoms with E-state index in [1.807, 2.05) is 30.3 Å². The Morgan fingerprint density at radius 3 is 2.56 bits per heavy atom. The minimum atomic E-state index is -2.68. The van der Waals surface area contributed by atoms with E-state index in [9.17, 15) is 13.6 Å². The molecule has 34 heavy (non-hydrogen) atoms. The largest absolute Gasteiger partial charge is 0.354 e. The summed E-state index contributed by atoms with van der Waals surface area (Å²) in [6.07, 6.45) is 6.31. The molecule has 0 unspecified atom stereocenters. The van der Waals surface area contributed by atoms with Crippen molar-refractivity contribution in [2.24, 2.45) is 0 Å². The van der Waals surface area contributed by atoms with Crippen LogP contribution in [0.4, 0.5) is 14.6 Å². The van der Waals surface area contributed by atoms with E-state index < -0.39 is 6.55 Å². The van der Waals surface area contributed by atoms with Gasteiger partial charge in [0.1, 0.15) is 5.82 Å². The van der Waals surface area contributed by atoms with Crippen LogP contribution in [-0.4, -0.2) is 63.7 Å². The van der Waals surface area contributed by atoms with E-state index in [1.54, 1.807) is 18.5 Å². The Morgan fingerprint density at radius 1 is 0.971 bits per heavy atom. The topological polar surface area (TPSA) is 67.2 Å². The Morgan fingerprint density at radius 2 is 1.79 bits per heavy atom. The predicted molar refractivity (Wildman–Crippen MR) is 126 cm³/mol. The first-order valence-electron chi connectivity index (χ1n) is 11.1. The summed E-state index contributed by atoms with van der Waals surface area (Å²) in [6.45, 7) is 1.01. The fraction of sp³-hybridized carbons (Fsp3) is 0.280. The van der Waals surface area contributed by atoms with Crippen molar-refractivity contribution in [1.29, 1.82) is 0 Å². The van der Waals surface area contributed by atoms with Crippen molar-refractivity contribution >= 4 is 22.4 Å². The lowest BCUT2D eigenvalue weighted by Gasteiger charge is -2.33. The summed E-state index contributed by atoms with van der Waals surface area (Å²) in [5.74, 6) is 0.790. The van der Waals surface area contributed by atoms with E-state index in [-0.39, 0.29) is 12.2 Å². The number of ketones is 1. The van der Waals surface area contributed by atoms with Crippen molar-refractivity contribution in [3.8, 4) is 11.1 Å². The third-order valence-electron chi connectivity index (χ3n) is 6.15. The number of halogens is 2. The van der Waals surface area contributed by atoms with Gasteiger partial charge in [0.05, 0.1) is 12.6 Å². The Balaban J connectivity index is 1.35. The lowest BCUT2D eigenvalue weighted by Crippen LogP contribution is -2.44. The maximum Gasteiger partial charge on any atom is 0.333 e. The van der Waals surface area contributed by atoms with E-state index in [1.165, 1.54) is 12.4 Å². The molecule has 1 aliphatic heterocycles. The number of fused-ring (bicyclic) bond motifs is 1. The highest BCUT2D eigenvalue weighted by Gasteiger charge is 2.17. The van der Waals surface area contributed by atoms with Crippen molar-refractivity contribution in [2.45, 2.75) is 13.0 Å². The molecule has 174 valence electrons. The zero-order valence-electron chi connectivity index (χ0n) is 18.7. The average molecular weight is 463 g/mol. The Kier molecular flexibility index (Phi) is 6.02. The Bertz CT molecular complexity index is 1330. The van der Waals surface area contributed by atoms with E-state index >= 15 is 0 Å². The molecule has 4 aromatic rings. The molecular weight excluding hydrogens is 438 g/mol. The smallest absolute Gasteiger partial charge is 0.333 e. The summed E-state index contributed by atoms with van der Waals surface area (Å²) in [7, 11) is 2.10. The molecule has 0 saturated carbocycles. The first-order chi connectivity index (χ1) is 16.5. The van der Waals surface area contributed by atoms with Gasteiger partial charge in [-0.25, -0.2) is 9.67 Å². The number of pyridine rings is 2. The molecule has 5 rings (SSSR count). The standard InChI is InChI=1S/C25H24F2N6O/c1-31-6-8-32(9-7-31)24-12-18(4-5-28-24)23(34)13-22-11-20-10-17(2-3-19(20)14-29-22)21-15-30-33(16-21)25(26)27/h2-5,10-12,14-16,25H,6-9,13H2,1H3. The maximum absolute atomic E-state index is 13.0. The SMILES string of the molecule is CN1CCN(c2cc(C(=O)Cc3cc4cc(-c5cnn(C(F)F)c5)ccc4cn3)ccn2)CC1. The van der Waals surface area contributed by atoms with Crippen LogP contribution < -0.4 is 4.90 Å². The number of benzene rings is 1. The molecule has 7 nitrogen and oxygen atoms in total. The molecule has 0 aliphatic carbocycles. The minimum absolute atomic E-state index is 0.0287. The Labute approximate surface area is 195 Å². The van der Waals surface area contributed by atoms with Crippen LogP contribution in [0.25, 0.3) is 21.9 Å². The van der Waals surface area contributed by atoms with Crippen LogP contribution in [0.5, 0.6) is 0 Å². The number of alkyl halides is 2. The van der Waals surface area contributed by atoms with Gasteiger partial charge in [-0.3, -0.25) is 9.78 Å². The van der Waals surface area contributed by atoms with Gasteiger partial charge in [-0.1, -0.05) is 12.1 Å². The number of aromatic nitrogens is 4. The van der Waals surface area contributed by atoms with Gasteiger partial charge in [0.25, 0.3) is 0 Å². The first-order valence-corrected chi connectivity index (χ1v) is 11.1. The third-order valence-corrected chi connectivity index (χ3v) is 6.15. The van der Waals surface area contributed by atoms with Gasteiger partial charge in [0, 0.05) is 67.0 Å². The van der Waals surface area contributed by atoms with Crippen molar-refractivity contribution in [3.63, 3.8) is 0 Å². The molecule has 0 atom stereocenters. The predicted octanol–water partition coefficient (Wildman–Crippen LogP) is 4.07. The summed E-state index contributed by atoms with van der Waals surface area (Å²) >= 11 is 0. The van der Waals surface area contributed by atoms with Gasteiger partial charge in [-0.15, -0.1) is 0 Å². The number of piperazine rings is 1. The molecule has 4 heterocycles. The number of rotatable bonds is 6. The number of anilines is 1. The molecule has 1 saturated heterocycles. The van der Waals surface area contributed by atoms with E-state index in [0.29, 0.717) is 21.5 Å². The monoisotopic (exact) mass is 462 g/mol. The van der Waals surface area contributed by atoms with Gasteiger partial charge in [0.2, 0.25) is 0 Å². The quantitative estimate of drug-likeness (QED) is 0.403. The van der Waals surface area contributed by atoms with Crippen molar-refractivity contribution in [3.05, 3.63) is 72.4 Å². The maximum atomic E-state index is 13.0. The molecule has 1 aromatic carbocycles. The molecule has 0 N–H and O–H groups in total. The number of hydrogen-bond acceptors (Lipinski definition) is 6. The summed E-state index contributed by atoms with van der Waals surface area (Å²) in [6, 6.07) is 11.1. The molecule has 0 radical (unpaired) electrons. The van der Waals surface area contributed by atoms with Crippen LogP contribution in [0.15, 0.2) is 61.2 Å². The first kappa shape index (κ1) is 22.1.